The average molecular weight is 359 g/mol. The summed E-state index contributed by atoms with van der Waals surface area (Å²) in [7, 11) is 0. The van der Waals surface area contributed by atoms with Crippen molar-refractivity contribution in [3.05, 3.63) is 46.5 Å². The van der Waals surface area contributed by atoms with Crippen LogP contribution in [0.25, 0.3) is 0 Å². The van der Waals surface area contributed by atoms with E-state index in [-0.39, 0.29) is 10.8 Å². The van der Waals surface area contributed by atoms with Crippen molar-refractivity contribution in [1.29, 1.82) is 0 Å². The topological polar surface area (TPSA) is 40.5 Å². The van der Waals surface area contributed by atoms with E-state index >= 15 is 0 Å². The third kappa shape index (κ3) is 3.98. The summed E-state index contributed by atoms with van der Waals surface area (Å²) in [6, 6.07) is 8.09. The monoisotopic (exact) mass is 358 g/mol. The average Bonchev–Trinajstić information content (AvgIpc) is 2.46. The van der Waals surface area contributed by atoms with Gasteiger partial charge in [0, 0.05) is 0 Å². The van der Waals surface area contributed by atoms with Crippen molar-refractivity contribution in [2.24, 2.45) is 0 Å². The van der Waals surface area contributed by atoms with Crippen LogP contribution in [0.15, 0.2) is 34.1 Å². The molecule has 0 aliphatic heterocycles. The van der Waals surface area contributed by atoms with E-state index < -0.39 is 0 Å². The van der Waals surface area contributed by atoms with Crippen LogP contribution in [0.1, 0.15) is 63.8 Å². The number of rotatable bonds is 2. The molecule has 0 radical (unpaired) electrons. The molecule has 0 unspecified atom stereocenters. The molecular formula is C22H30O2S. The molecule has 2 aromatic carbocycles. The van der Waals surface area contributed by atoms with E-state index in [1.807, 2.05) is 26.0 Å². The summed E-state index contributed by atoms with van der Waals surface area (Å²) in [5.74, 6) is 0.608. The van der Waals surface area contributed by atoms with E-state index in [9.17, 15) is 10.2 Å². The first-order valence-corrected chi connectivity index (χ1v) is 9.49. The Balaban J connectivity index is 2.73. The lowest BCUT2D eigenvalue weighted by molar-refractivity contribution is 0.446. The third-order valence-electron chi connectivity index (χ3n) is 4.49. The van der Waals surface area contributed by atoms with Gasteiger partial charge in [0.1, 0.15) is 11.5 Å². The maximum atomic E-state index is 10.8. The Bertz CT molecular complexity index is 726. The fourth-order valence-electron chi connectivity index (χ4n) is 2.83. The number of hydrogen-bond donors (Lipinski definition) is 2. The minimum Gasteiger partial charge on any atom is -0.506 e. The van der Waals surface area contributed by atoms with Gasteiger partial charge in [-0.1, -0.05) is 77.6 Å². The van der Waals surface area contributed by atoms with Gasteiger partial charge in [0.05, 0.1) is 9.79 Å². The van der Waals surface area contributed by atoms with Gasteiger partial charge in [0.2, 0.25) is 0 Å². The zero-order valence-corrected chi connectivity index (χ0v) is 17.4. The number of aryl methyl sites for hydroxylation is 2. The fraction of sp³-hybridized carbons (Fsp3) is 0.455. The Morgan fingerprint density at radius 2 is 0.960 bits per heavy atom. The highest BCUT2D eigenvalue weighted by molar-refractivity contribution is 7.99. The summed E-state index contributed by atoms with van der Waals surface area (Å²) >= 11 is 1.48. The largest absolute Gasteiger partial charge is 0.506 e. The highest BCUT2D eigenvalue weighted by Crippen LogP contribution is 2.49. The van der Waals surface area contributed by atoms with Crippen LogP contribution in [0.3, 0.4) is 0 Å². The molecule has 2 aromatic rings. The van der Waals surface area contributed by atoms with Gasteiger partial charge >= 0.3 is 0 Å². The second-order valence-corrected chi connectivity index (χ2v) is 9.84. The molecular weight excluding hydrogens is 328 g/mol. The van der Waals surface area contributed by atoms with Crippen molar-refractivity contribution >= 4 is 11.8 Å². The first kappa shape index (κ1) is 19.7. The van der Waals surface area contributed by atoms with Crippen LogP contribution in [0.4, 0.5) is 0 Å². The maximum Gasteiger partial charge on any atom is 0.132 e. The molecule has 0 aliphatic carbocycles. The summed E-state index contributed by atoms with van der Waals surface area (Å²) < 4.78 is 0. The number of benzene rings is 2. The van der Waals surface area contributed by atoms with E-state index in [4.69, 9.17) is 0 Å². The Morgan fingerprint density at radius 1 is 0.640 bits per heavy atom. The minimum atomic E-state index is -0.102. The lowest BCUT2D eigenvalue weighted by Crippen LogP contribution is -2.14. The quantitative estimate of drug-likeness (QED) is 0.647. The molecule has 0 spiro atoms. The van der Waals surface area contributed by atoms with Gasteiger partial charge in [-0.15, -0.1) is 0 Å². The Hall–Kier alpha value is -1.61. The molecule has 0 heterocycles. The number of phenolic OH excluding ortho intramolecular Hbond substituents is 2. The molecule has 25 heavy (non-hydrogen) atoms. The first-order chi connectivity index (χ1) is 11.3. The maximum absolute atomic E-state index is 10.8. The summed E-state index contributed by atoms with van der Waals surface area (Å²) in [6.07, 6.45) is 0. The summed E-state index contributed by atoms with van der Waals surface area (Å²) in [4.78, 5) is 1.66. The molecule has 0 aromatic heterocycles. The van der Waals surface area contributed by atoms with Crippen LogP contribution >= 0.6 is 11.8 Å². The van der Waals surface area contributed by atoms with Gasteiger partial charge in [-0.2, -0.15) is 0 Å². The molecule has 3 heteroatoms. The van der Waals surface area contributed by atoms with Gasteiger partial charge in [0.25, 0.3) is 0 Å². The predicted molar refractivity (Wildman–Crippen MR) is 107 cm³/mol. The van der Waals surface area contributed by atoms with Gasteiger partial charge in [-0.05, 0) is 46.9 Å². The molecule has 0 saturated carbocycles. The second-order valence-electron chi connectivity index (χ2n) is 8.82. The van der Waals surface area contributed by atoms with E-state index in [2.05, 4.69) is 53.7 Å². The van der Waals surface area contributed by atoms with E-state index in [1.165, 1.54) is 11.8 Å². The zero-order valence-electron chi connectivity index (χ0n) is 16.6. The molecule has 2 rings (SSSR count). The molecule has 2 nitrogen and oxygen atoms in total. The molecule has 0 atom stereocenters. The summed E-state index contributed by atoms with van der Waals surface area (Å²) in [5.41, 5.74) is 3.66. The van der Waals surface area contributed by atoms with Crippen molar-refractivity contribution in [1.82, 2.24) is 0 Å². The fourth-order valence-corrected chi connectivity index (χ4v) is 4.52. The van der Waals surface area contributed by atoms with E-state index in [1.54, 1.807) is 0 Å². The Morgan fingerprint density at radius 3 is 1.24 bits per heavy atom. The van der Waals surface area contributed by atoms with Gasteiger partial charge in [0.15, 0.2) is 0 Å². The SMILES string of the molecule is Cc1ccc(C(C)(C)C)c(Sc2c(C(C)(C)C)ccc(C)c2O)c1O. The lowest BCUT2D eigenvalue weighted by Gasteiger charge is -2.27. The zero-order chi connectivity index (χ0) is 19.2. The molecule has 0 bridgehead atoms. The van der Waals surface area contributed by atoms with Gasteiger partial charge < -0.3 is 10.2 Å². The standard InChI is InChI=1S/C22H30O2S/c1-13-9-11-15(21(3,4)5)19(17(13)23)25-20-16(22(6,7)8)12-10-14(2)18(20)24/h9-12,23-24H,1-8H3. The number of aromatic hydroxyl groups is 2. The van der Waals surface area contributed by atoms with Crippen molar-refractivity contribution in [3.63, 3.8) is 0 Å². The highest BCUT2D eigenvalue weighted by atomic mass is 32.2. The number of hydrogen-bond acceptors (Lipinski definition) is 3. The molecule has 0 amide bonds. The minimum absolute atomic E-state index is 0.102. The third-order valence-corrected chi connectivity index (χ3v) is 5.72. The smallest absolute Gasteiger partial charge is 0.132 e. The molecule has 0 fully saturated rings. The predicted octanol–water partition coefficient (Wildman–Crippen LogP) is 6.46. The van der Waals surface area contributed by atoms with Crippen LogP contribution in [0.5, 0.6) is 11.5 Å². The van der Waals surface area contributed by atoms with Crippen molar-refractivity contribution < 1.29 is 10.2 Å². The molecule has 136 valence electrons. The molecule has 0 aliphatic rings. The van der Waals surface area contributed by atoms with E-state index in [0.717, 1.165) is 32.0 Å². The number of phenols is 2. The van der Waals surface area contributed by atoms with Crippen molar-refractivity contribution in [3.8, 4) is 11.5 Å². The molecule has 0 saturated heterocycles. The van der Waals surface area contributed by atoms with Gasteiger partial charge in [-0.3, -0.25) is 0 Å². The van der Waals surface area contributed by atoms with Crippen molar-refractivity contribution in [2.45, 2.75) is 76.0 Å². The summed E-state index contributed by atoms with van der Waals surface area (Å²) in [6.45, 7) is 16.7. The van der Waals surface area contributed by atoms with Crippen LogP contribution in [0, 0.1) is 13.8 Å². The van der Waals surface area contributed by atoms with E-state index in [0.29, 0.717) is 11.5 Å². The second kappa shape index (κ2) is 6.60. The summed E-state index contributed by atoms with van der Waals surface area (Å²) in [5, 5.41) is 21.5. The normalized spacial score (nSPS) is 12.5. The van der Waals surface area contributed by atoms with Crippen LogP contribution in [-0.2, 0) is 10.8 Å². The lowest BCUT2D eigenvalue weighted by atomic mass is 9.86. The van der Waals surface area contributed by atoms with Crippen LogP contribution in [-0.4, -0.2) is 10.2 Å². The van der Waals surface area contributed by atoms with Crippen LogP contribution < -0.4 is 0 Å². The molecule has 2 N–H and O–H groups in total. The Kier molecular flexibility index (Phi) is 5.21. The van der Waals surface area contributed by atoms with Crippen molar-refractivity contribution in [2.75, 3.05) is 0 Å². The first-order valence-electron chi connectivity index (χ1n) is 8.68. The van der Waals surface area contributed by atoms with Crippen LogP contribution in [0.2, 0.25) is 0 Å². The Labute approximate surface area is 156 Å². The highest BCUT2D eigenvalue weighted by Gasteiger charge is 2.27. The van der Waals surface area contributed by atoms with Gasteiger partial charge in [-0.25, -0.2) is 0 Å².